The molecular weight excluding hydrogens is 176 g/mol. The molecule has 0 fully saturated rings. The van der Waals surface area contributed by atoms with Crippen LogP contribution in [0.25, 0.3) is 0 Å². The van der Waals surface area contributed by atoms with E-state index < -0.39 is 0 Å². The minimum Gasteiger partial charge on any atom is -0.390 e. The van der Waals surface area contributed by atoms with Crippen LogP contribution in [0.2, 0.25) is 5.02 Å². The highest BCUT2D eigenvalue weighted by Gasteiger charge is 2.12. The zero-order chi connectivity index (χ0) is 9.14. The predicted octanol–water partition coefficient (Wildman–Crippen LogP) is 1.61. The normalized spacial score (nSPS) is 10.7. The second-order valence-electron chi connectivity index (χ2n) is 2.53. The number of aryl methyl sites for hydroxylation is 2. The first-order chi connectivity index (χ1) is 5.74. The largest absolute Gasteiger partial charge is 0.390 e. The van der Waals surface area contributed by atoms with Crippen LogP contribution in [0.15, 0.2) is 0 Å². The summed E-state index contributed by atoms with van der Waals surface area (Å²) < 4.78 is 1.74. The first-order valence-electron chi connectivity index (χ1n) is 4.09. The van der Waals surface area contributed by atoms with Crippen LogP contribution in [0.1, 0.15) is 25.2 Å². The minimum atomic E-state index is -0.0420. The number of hydrogen-bond donors (Lipinski definition) is 1. The van der Waals surface area contributed by atoms with Crippen LogP contribution in [0.4, 0.5) is 0 Å². The van der Waals surface area contributed by atoms with Crippen LogP contribution < -0.4 is 0 Å². The highest BCUT2D eigenvalue weighted by Crippen LogP contribution is 2.21. The van der Waals surface area contributed by atoms with E-state index in [2.05, 4.69) is 5.10 Å². The number of halogens is 1. The Morgan fingerprint density at radius 1 is 1.50 bits per heavy atom. The van der Waals surface area contributed by atoms with Gasteiger partial charge in [-0.3, -0.25) is 4.68 Å². The summed E-state index contributed by atoms with van der Waals surface area (Å²) in [4.78, 5) is 0. The summed E-state index contributed by atoms with van der Waals surface area (Å²) >= 11 is 5.97. The summed E-state index contributed by atoms with van der Waals surface area (Å²) in [5.41, 5.74) is 1.58. The molecule has 0 aliphatic rings. The Labute approximate surface area is 77.0 Å². The Hall–Kier alpha value is -0.540. The van der Waals surface area contributed by atoms with Crippen molar-refractivity contribution in [3.05, 3.63) is 16.4 Å². The lowest BCUT2D eigenvalue weighted by Gasteiger charge is -1.99. The van der Waals surface area contributed by atoms with Gasteiger partial charge in [0, 0.05) is 6.54 Å². The van der Waals surface area contributed by atoms with E-state index in [9.17, 15) is 0 Å². The molecule has 68 valence electrons. The summed E-state index contributed by atoms with van der Waals surface area (Å²) in [6.07, 6.45) is 0.804. The minimum absolute atomic E-state index is 0.0420. The van der Waals surface area contributed by atoms with Gasteiger partial charge in [-0.05, 0) is 13.3 Å². The molecule has 1 aromatic rings. The number of aliphatic hydroxyl groups is 1. The standard InChI is InChI=1S/C8H13ClN2O/c1-3-6-8(9)7(5-12)11(4-2)10-6/h12H,3-5H2,1-2H3. The van der Waals surface area contributed by atoms with Gasteiger partial charge in [-0.2, -0.15) is 5.10 Å². The summed E-state index contributed by atoms with van der Waals surface area (Å²) in [6.45, 7) is 4.67. The van der Waals surface area contributed by atoms with E-state index in [-0.39, 0.29) is 6.61 Å². The molecule has 0 aliphatic carbocycles. The number of nitrogens with zero attached hydrogens (tertiary/aromatic N) is 2. The van der Waals surface area contributed by atoms with Crippen molar-refractivity contribution in [2.75, 3.05) is 0 Å². The van der Waals surface area contributed by atoms with Crippen molar-refractivity contribution in [2.24, 2.45) is 0 Å². The van der Waals surface area contributed by atoms with E-state index >= 15 is 0 Å². The van der Waals surface area contributed by atoms with Crippen molar-refractivity contribution in [1.82, 2.24) is 9.78 Å². The van der Waals surface area contributed by atoms with E-state index in [1.807, 2.05) is 13.8 Å². The average Bonchev–Trinajstić information content (AvgIpc) is 2.41. The molecule has 0 aromatic carbocycles. The lowest BCUT2D eigenvalue weighted by molar-refractivity contribution is 0.268. The lowest BCUT2D eigenvalue weighted by atomic mass is 10.3. The highest BCUT2D eigenvalue weighted by molar-refractivity contribution is 6.31. The Balaban J connectivity index is 3.13. The summed E-state index contributed by atoms with van der Waals surface area (Å²) in [7, 11) is 0. The third-order valence-electron chi connectivity index (χ3n) is 1.84. The molecule has 3 nitrogen and oxygen atoms in total. The zero-order valence-electron chi connectivity index (χ0n) is 7.34. The van der Waals surface area contributed by atoms with Crippen molar-refractivity contribution in [3.8, 4) is 0 Å². The third-order valence-corrected chi connectivity index (χ3v) is 2.28. The smallest absolute Gasteiger partial charge is 0.0873 e. The molecule has 0 aliphatic heterocycles. The fourth-order valence-corrected chi connectivity index (χ4v) is 1.50. The number of aliphatic hydroxyl groups excluding tert-OH is 1. The van der Waals surface area contributed by atoms with Crippen LogP contribution >= 0.6 is 11.6 Å². The van der Waals surface area contributed by atoms with Gasteiger partial charge in [-0.25, -0.2) is 0 Å². The molecule has 1 aromatic heterocycles. The van der Waals surface area contributed by atoms with Gasteiger partial charge in [-0.1, -0.05) is 18.5 Å². The second kappa shape index (κ2) is 3.92. The maximum absolute atomic E-state index is 8.99. The highest BCUT2D eigenvalue weighted by atomic mass is 35.5. The van der Waals surface area contributed by atoms with Crippen LogP contribution in [0.3, 0.4) is 0 Å². The lowest BCUT2D eigenvalue weighted by Crippen LogP contribution is -2.02. The van der Waals surface area contributed by atoms with Crippen molar-refractivity contribution in [2.45, 2.75) is 33.4 Å². The van der Waals surface area contributed by atoms with Crippen LogP contribution in [-0.2, 0) is 19.6 Å². The van der Waals surface area contributed by atoms with Gasteiger partial charge < -0.3 is 5.11 Å². The fourth-order valence-electron chi connectivity index (χ4n) is 1.17. The van der Waals surface area contributed by atoms with Gasteiger partial charge in [0.25, 0.3) is 0 Å². The van der Waals surface area contributed by atoms with E-state index in [0.29, 0.717) is 5.02 Å². The maximum atomic E-state index is 8.99. The third kappa shape index (κ3) is 1.47. The molecule has 1 heterocycles. The van der Waals surface area contributed by atoms with Gasteiger partial charge in [-0.15, -0.1) is 0 Å². The molecule has 4 heteroatoms. The molecule has 0 saturated carbocycles. The van der Waals surface area contributed by atoms with Crippen LogP contribution in [0, 0.1) is 0 Å². The summed E-state index contributed by atoms with van der Waals surface area (Å²) in [6, 6.07) is 0. The van der Waals surface area contributed by atoms with Crippen molar-refractivity contribution < 1.29 is 5.11 Å². The van der Waals surface area contributed by atoms with Crippen molar-refractivity contribution in [3.63, 3.8) is 0 Å². The fraction of sp³-hybridized carbons (Fsp3) is 0.625. The van der Waals surface area contributed by atoms with E-state index in [1.54, 1.807) is 4.68 Å². The Kier molecular flexibility index (Phi) is 3.12. The molecular formula is C8H13ClN2O. The monoisotopic (exact) mass is 188 g/mol. The summed E-state index contributed by atoms with van der Waals surface area (Å²) in [5, 5.41) is 13.8. The Morgan fingerprint density at radius 2 is 2.17 bits per heavy atom. The zero-order valence-corrected chi connectivity index (χ0v) is 8.10. The number of hydrogen-bond acceptors (Lipinski definition) is 2. The number of aromatic nitrogens is 2. The van der Waals surface area contributed by atoms with Gasteiger partial charge in [0.15, 0.2) is 0 Å². The van der Waals surface area contributed by atoms with Crippen LogP contribution in [0.5, 0.6) is 0 Å². The Morgan fingerprint density at radius 3 is 2.50 bits per heavy atom. The molecule has 0 atom stereocenters. The average molecular weight is 189 g/mol. The molecule has 1 rings (SSSR count). The molecule has 0 bridgehead atoms. The molecule has 0 amide bonds. The van der Waals surface area contributed by atoms with Crippen molar-refractivity contribution >= 4 is 11.6 Å². The summed E-state index contributed by atoms with van der Waals surface area (Å²) in [5.74, 6) is 0. The van der Waals surface area contributed by atoms with Crippen LogP contribution in [-0.4, -0.2) is 14.9 Å². The quantitative estimate of drug-likeness (QED) is 0.783. The molecule has 0 spiro atoms. The van der Waals surface area contributed by atoms with Gasteiger partial charge in [0.1, 0.15) is 0 Å². The number of rotatable bonds is 3. The van der Waals surface area contributed by atoms with E-state index in [0.717, 1.165) is 24.4 Å². The van der Waals surface area contributed by atoms with E-state index in [1.165, 1.54) is 0 Å². The predicted molar refractivity (Wildman–Crippen MR) is 48.2 cm³/mol. The topological polar surface area (TPSA) is 38.0 Å². The molecule has 0 unspecified atom stereocenters. The second-order valence-corrected chi connectivity index (χ2v) is 2.91. The first kappa shape index (κ1) is 9.55. The Bertz CT molecular complexity index is 270. The van der Waals surface area contributed by atoms with Gasteiger partial charge >= 0.3 is 0 Å². The molecule has 12 heavy (non-hydrogen) atoms. The first-order valence-corrected chi connectivity index (χ1v) is 4.47. The SMILES string of the molecule is CCc1nn(CC)c(CO)c1Cl. The maximum Gasteiger partial charge on any atom is 0.0873 e. The van der Waals surface area contributed by atoms with Gasteiger partial charge in [0.2, 0.25) is 0 Å². The molecule has 0 saturated heterocycles. The molecule has 1 N–H and O–H groups in total. The van der Waals surface area contributed by atoms with E-state index in [4.69, 9.17) is 16.7 Å². The molecule has 0 radical (unpaired) electrons. The van der Waals surface area contributed by atoms with Gasteiger partial charge in [0.05, 0.1) is 23.0 Å². The van der Waals surface area contributed by atoms with Crippen molar-refractivity contribution in [1.29, 1.82) is 0 Å².